The number of hydrogen-bond donors (Lipinski definition) is 2. The Hall–Kier alpha value is -1.46. The second kappa shape index (κ2) is 3.73. The highest BCUT2D eigenvalue weighted by Gasteiger charge is 2.04. The number of rotatable bonds is 2. The third kappa shape index (κ3) is 1.73. The third-order valence-electron chi connectivity index (χ3n) is 1.73. The molecule has 0 saturated carbocycles. The molecule has 2 aromatic rings. The van der Waals surface area contributed by atoms with Gasteiger partial charge < -0.3 is 10.8 Å². The number of pyridine rings is 1. The molecular weight excluding hydrogens is 198 g/mol. The fraction of sp³-hybridized carbons (Fsp3) is 0.111. The highest BCUT2D eigenvalue weighted by Crippen LogP contribution is 2.25. The quantitative estimate of drug-likeness (QED) is 0.780. The highest BCUT2D eigenvalue weighted by molar-refractivity contribution is 7.13. The van der Waals surface area contributed by atoms with Gasteiger partial charge in [0.25, 0.3) is 0 Å². The minimum absolute atomic E-state index is 0.145. The van der Waals surface area contributed by atoms with Gasteiger partial charge >= 0.3 is 0 Å². The largest absolute Gasteiger partial charge is 0.506 e. The molecule has 3 N–H and O–H groups in total. The summed E-state index contributed by atoms with van der Waals surface area (Å²) in [5.41, 5.74) is 7.12. The van der Waals surface area contributed by atoms with Crippen molar-refractivity contribution >= 4 is 11.3 Å². The number of aromatic nitrogens is 2. The summed E-state index contributed by atoms with van der Waals surface area (Å²) in [5.74, 6) is 0.145. The fourth-order valence-corrected chi connectivity index (χ4v) is 1.89. The summed E-state index contributed by atoms with van der Waals surface area (Å²) in [6, 6.07) is 1.63. The summed E-state index contributed by atoms with van der Waals surface area (Å²) in [7, 11) is 0. The lowest BCUT2D eigenvalue weighted by Gasteiger charge is -1.95. The maximum Gasteiger partial charge on any atom is 0.134 e. The zero-order chi connectivity index (χ0) is 9.97. The first-order valence-corrected chi connectivity index (χ1v) is 4.96. The van der Waals surface area contributed by atoms with Crippen molar-refractivity contribution in [2.24, 2.45) is 5.73 Å². The molecule has 0 fully saturated rings. The summed E-state index contributed by atoms with van der Waals surface area (Å²) >= 11 is 1.49. The van der Waals surface area contributed by atoms with E-state index < -0.39 is 0 Å². The van der Waals surface area contributed by atoms with Gasteiger partial charge in [0.2, 0.25) is 0 Å². The Kier molecular flexibility index (Phi) is 2.43. The van der Waals surface area contributed by atoms with Crippen LogP contribution in [0.3, 0.4) is 0 Å². The van der Waals surface area contributed by atoms with Gasteiger partial charge in [-0.1, -0.05) is 0 Å². The lowest BCUT2D eigenvalue weighted by Crippen LogP contribution is -1.95. The van der Waals surface area contributed by atoms with Crippen molar-refractivity contribution in [1.82, 2.24) is 9.97 Å². The van der Waals surface area contributed by atoms with Crippen molar-refractivity contribution in [3.63, 3.8) is 0 Å². The molecule has 5 heteroatoms. The van der Waals surface area contributed by atoms with Crippen LogP contribution in [0.4, 0.5) is 0 Å². The van der Waals surface area contributed by atoms with Crippen LogP contribution in [0.1, 0.15) is 5.69 Å². The highest BCUT2D eigenvalue weighted by atomic mass is 32.1. The van der Waals surface area contributed by atoms with E-state index in [1.807, 2.05) is 5.38 Å². The van der Waals surface area contributed by atoms with Gasteiger partial charge in [0.05, 0.1) is 11.9 Å². The number of nitrogens with two attached hydrogens (primary N) is 1. The van der Waals surface area contributed by atoms with E-state index >= 15 is 0 Å². The lowest BCUT2D eigenvalue weighted by atomic mass is 10.3. The first-order chi connectivity index (χ1) is 6.79. The molecule has 0 aliphatic carbocycles. The van der Waals surface area contributed by atoms with Gasteiger partial charge in [0.15, 0.2) is 0 Å². The Morgan fingerprint density at radius 2 is 2.29 bits per heavy atom. The first kappa shape index (κ1) is 9.11. The smallest absolute Gasteiger partial charge is 0.134 e. The first-order valence-electron chi connectivity index (χ1n) is 4.08. The van der Waals surface area contributed by atoms with Crippen molar-refractivity contribution in [3.8, 4) is 16.3 Å². The van der Waals surface area contributed by atoms with Crippen molar-refractivity contribution in [3.05, 3.63) is 29.5 Å². The van der Waals surface area contributed by atoms with Crippen molar-refractivity contribution in [1.29, 1.82) is 0 Å². The van der Waals surface area contributed by atoms with E-state index in [1.54, 1.807) is 12.3 Å². The predicted octanol–water partition coefficient (Wildman–Crippen LogP) is 1.37. The number of aromatic hydroxyl groups is 1. The summed E-state index contributed by atoms with van der Waals surface area (Å²) in [5, 5.41) is 12.0. The van der Waals surface area contributed by atoms with Gasteiger partial charge in [-0.05, 0) is 6.07 Å². The Bertz CT molecular complexity index is 441. The second-order valence-electron chi connectivity index (χ2n) is 2.78. The molecule has 0 atom stereocenters. The molecule has 0 aliphatic rings. The molecule has 0 unspecified atom stereocenters. The van der Waals surface area contributed by atoms with Crippen LogP contribution in [0.2, 0.25) is 0 Å². The van der Waals surface area contributed by atoms with Gasteiger partial charge in [-0.2, -0.15) is 0 Å². The average molecular weight is 207 g/mol. The topological polar surface area (TPSA) is 72.0 Å². The van der Waals surface area contributed by atoms with E-state index in [-0.39, 0.29) is 5.75 Å². The van der Waals surface area contributed by atoms with Gasteiger partial charge in [0.1, 0.15) is 10.8 Å². The second-order valence-corrected chi connectivity index (χ2v) is 3.64. The molecule has 0 spiro atoms. The number of nitrogens with zero attached hydrogens (tertiary/aromatic N) is 2. The maximum absolute atomic E-state index is 9.23. The van der Waals surface area contributed by atoms with Crippen LogP contribution in [-0.2, 0) is 6.54 Å². The molecule has 0 aromatic carbocycles. The molecule has 72 valence electrons. The minimum Gasteiger partial charge on any atom is -0.506 e. The van der Waals surface area contributed by atoms with Crippen molar-refractivity contribution < 1.29 is 5.11 Å². The van der Waals surface area contributed by atoms with Crippen LogP contribution in [0.15, 0.2) is 23.8 Å². The van der Waals surface area contributed by atoms with Crippen LogP contribution >= 0.6 is 11.3 Å². The Morgan fingerprint density at radius 3 is 2.93 bits per heavy atom. The zero-order valence-electron chi connectivity index (χ0n) is 7.34. The molecule has 4 nitrogen and oxygen atoms in total. The van der Waals surface area contributed by atoms with E-state index in [2.05, 4.69) is 9.97 Å². The van der Waals surface area contributed by atoms with E-state index in [4.69, 9.17) is 5.73 Å². The SMILES string of the molecule is NCc1csc(-c2cncc(O)c2)n1. The van der Waals surface area contributed by atoms with Crippen LogP contribution < -0.4 is 5.73 Å². The van der Waals surface area contributed by atoms with Gasteiger partial charge in [-0.3, -0.25) is 4.98 Å². The number of thiazole rings is 1. The normalized spacial score (nSPS) is 10.4. The maximum atomic E-state index is 9.23. The van der Waals surface area contributed by atoms with Crippen molar-refractivity contribution in [2.75, 3.05) is 0 Å². The van der Waals surface area contributed by atoms with E-state index in [0.717, 1.165) is 16.3 Å². The minimum atomic E-state index is 0.145. The van der Waals surface area contributed by atoms with E-state index in [0.29, 0.717) is 6.54 Å². The monoisotopic (exact) mass is 207 g/mol. The Morgan fingerprint density at radius 1 is 1.43 bits per heavy atom. The van der Waals surface area contributed by atoms with E-state index in [9.17, 15) is 5.11 Å². The van der Waals surface area contributed by atoms with Gasteiger partial charge in [-0.15, -0.1) is 11.3 Å². The van der Waals surface area contributed by atoms with Crippen LogP contribution in [0.5, 0.6) is 5.75 Å². The summed E-state index contributed by atoms with van der Waals surface area (Å²) in [6.45, 7) is 0.433. The molecule has 0 saturated heterocycles. The Balaban J connectivity index is 2.39. The lowest BCUT2D eigenvalue weighted by molar-refractivity contribution is 0.473. The summed E-state index contributed by atoms with van der Waals surface area (Å²) in [4.78, 5) is 8.16. The molecule has 0 bridgehead atoms. The molecule has 14 heavy (non-hydrogen) atoms. The van der Waals surface area contributed by atoms with Crippen LogP contribution in [-0.4, -0.2) is 15.1 Å². The predicted molar refractivity (Wildman–Crippen MR) is 54.9 cm³/mol. The molecule has 2 aromatic heterocycles. The standard InChI is InChI=1S/C9H9N3OS/c10-2-7-5-14-9(12-7)6-1-8(13)4-11-3-6/h1,3-5,13H,2,10H2. The van der Waals surface area contributed by atoms with Crippen LogP contribution in [0.25, 0.3) is 10.6 Å². The van der Waals surface area contributed by atoms with Gasteiger partial charge in [-0.25, -0.2) is 4.98 Å². The average Bonchev–Trinajstić information content (AvgIpc) is 2.66. The fourth-order valence-electron chi connectivity index (χ4n) is 1.08. The van der Waals surface area contributed by atoms with Gasteiger partial charge in [0, 0.05) is 23.7 Å². The molecule has 2 rings (SSSR count). The molecule has 0 aliphatic heterocycles. The van der Waals surface area contributed by atoms with E-state index in [1.165, 1.54) is 17.5 Å². The summed E-state index contributed by atoms with van der Waals surface area (Å²) < 4.78 is 0. The third-order valence-corrected chi connectivity index (χ3v) is 2.67. The molecular formula is C9H9N3OS. The summed E-state index contributed by atoms with van der Waals surface area (Å²) in [6.07, 6.45) is 3.06. The molecule has 0 radical (unpaired) electrons. The Labute approximate surface area is 85.1 Å². The van der Waals surface area contributed by atoms with Crippen molar-refractivity contribution in [2.45, 2.75) is 6.54 Å². The number of hydrogen-bond acceptors (Lipinski definition) is 5. The zero-order valence-corrected chi connectivity index (χ0v) is 8.16. The molecule has 0 amide bonds. The molecule has 2 heterocycles. The van der Waals surface area contributed by atoms with Crippen LogP contribution in [0, 0.1) is 0 Å².